The van der Waals surface area contributed by atoms with E-state index in [4.69, 9.17) is 4.74 Å². The molecule has 6 heteroatoms. The van der Waals surface area contributed by atoms with Crippen LogP contribution >= 0.6 is 0 Å². The van der Waals surface area contributed by atoms with Gasteiger partial charge in [-0.15, -0.1) is 0 Å². The van der Waals surface area contributed by atoms with Crippen LogP contribution in [0.3, 0.4) is 0 Å². The van der Waals surface area contributed by atoms with Gasteiger partial charge in [-0.3, -0.25) is 9.59 Å². The van der Waals surface area contributed by atoms with E-state index in [1.165, 1.54) is 12.1 Å². The summed E-state index contributed by atoms with van der Waals surface area (Å²) in [5, 5.41) is 2.81. The first-order chi connectivity index (χ1) is 12.0. The van der Waals surface area contributed by atoms with E-state index >= 15 is 0 Å². The van der Waals surface area contributed by atoms with Gasteiger partial charge >= 0.3 is 0 Å². The molecule has 25 heavy (non-hydrogen) atoms. The third-order valence-corrected chi connectivity index (χ3v) is 4.08. The van der Waals surface area contributed by atoms with Gasteiger partial charge in [0, 0.05) is 18.7 Å². The minimum atomic E-state index is -0.353. The van der Waals surface area contributed by atoms with E-state index in [9.17, 15) is 14.0 Å². The fraction of sp³-hybridized carbons (Fsp3) is 0.263. The Kier molecular flexibility index (Phi) is 4.97. The van der Waals surface area contributed by atoms with Gasteiger partial charge in [0.25, 0.3) is 5.91 Å². The summed E-state index contributed by atoms with van der Waals surface area (Å²) in [6.07, 6.45) is 0.216. The Morgan fingerprint density at radius 3 is 2.68 bits per heavy atom. The van der Waals surface area contributed by atoms with Crippen molar-refractivity contribution >= 4 is 17.5 Å². The lowest BCUT2D eigenvalue weighted by Crippen LogP contribution is -2.39. The van der Waals surface area contributed by atoms with E-state index in [-0.39, 0.29) is 36.7 Å². The van der Waals surface area contributed by atoms with Crippen molar-refractivity contribution in [2.24, 2.45) is 0 Å². The molecule has 0 bridgehead atoms. The SMILES string of the molecule is Cc1ccccc1OCC(=O)N[C@@H]1CC(=O)N(c2ccc(F)cc2)C1. The van der Waals surface area contributed by atoms with Gasteiger partial charge in [0.05, 0.1) is 6.04 Å². The molecule has 1 heterocycles. The van der Waals surface area contributed by atoms with E-state index < -0.39 is 0 Å². The van der Waals surface area contributed by atoms with Crippen LogP contribution in [0, 0.1) is 12.7 Å². The summed E-state index contributed by atoms with van der Waals surface area (Å²) >= 11 is 0. The van der Waals surface area contributed by atoms with Gasteiger partial charge in [0.1, 0.15) is 11.6 Å². The summed E-state index contributed by atoms with van der Waals surface area (Å²) in [6, 6.07) is 12.9. The first kappa shape index (κ1) is 17.0. The molecule has 0 unspecified atom stereocenters. The fourth-order valence-electron chi connectivity index (χ4n) is 2.81. The van der Waals surface area contributed by atoms with Crippen LogP contribution in [-0.2, 0) is 9.59 Å². The highest BCUT2D eigenvalue weighted by molar-refractivity contribution is 5.96. The van der Waals surface area contributed by atoms with Crippen molar-refractivity contribution < 1.29 is 18.7 Å². The molecule has 2 amide bonds. The number of carbonyl (C=O) groups is 2. The molecule has 0 radical (unpaired) electrons. The van der Waals surface area contributed by atoms with Gasteiger partial charge in [-0.05, 0) is 42.8 Å². The normalized spacial score (nSPS) is 16.8. The van der Waals surface area contributed by atoms with E-state index in [1.807, 2.05) is 25.1 Å². The van der Waals surface area contributed by atoms with Crippen LogP contribution in [0.4, 0.5) is 10.1 Å². The average molecular weight is 342 g/mol. The number of hydrogen-bond acceptors (Lipinski definition) is 3. The van der Waals surface area contributed by atoms with Crippen molar-refractivity contribution in [3.63, 3.8) is 0 Å². The van der Waals surface area contributed by atoms with E-state index in [0.717, 1.165) is 5.56 Å². The zero-order valence-electron chi connectivity index (χ0n) is 13.9. The minimum Gasteiger partial charge on any atom is -0.484 e. The maximum absolute atomic E-state index is 13.0. The van der Waals surface area contributed by atoms with Crippen molar-refractivity contribution in [1.29, 1.82) is 0 Å². The standard InChI is InChI=1S/C19H19FN2O3/c1-13-4-2-3-5-17(13)25-12-18(23)21-15-10-19(24)22(11-15)16-8-6-14(20)7-9-16/h2-9,15H,10-12H2,1H3,(H,21,23)/t15-/m1/s1. The number of anilines is 1. The molecule has 1 aliphatic heterocycles. The number of nitrogens with one attached hydrogen (secondary N) is 1. The lowest BCUT2D eigenvalue weighted by atomic mass is 10.2. The number of para-hydroxylation sites is 1. The predicted octanol–water partition coefficient (Wildman–Crippen LogP) is 2.43. The molecular formula is C19H19FN2O3. The Morgan fingerprint density at radius 1 is 1.24 bits per heavy atom. The number of ether oxygens (including phenoxy) is 1. The van der Waals surface area contributed by atoms with Gasteiger partial charge in [0.2, 0.25) is 5.91 Å². The number of aryl methyl sites for hydroxylation is 1. The highest BCUT2D eigenvalue weighted by Crippen LogP contribution is 2.22. The molecule has 0 aromatic heterocycles. The second-order valence-electron chi connectivity index (χ2n) is 6.00. The summed E-state index contributed by atoms with van der Waals surface area (Å²) < 4.78 is 18.5. The summed E-state index contributed by atoms with van der Waals surface area (Å²) in [5.74, 6) is -0.0690. The van der Waals surface area contributed by atoms with Gasteiger partial charge in [-0.1, -0.05) is 18.2 Å². The number of hydrogen-bond donors (Lipinski definition) is 1. The van der Waals surface area contributed by atoms with Crippen molar-refractivity contribution in [2.45, 2.75) is 19.4 Å². The first-order valence-corrected chi connectivity index (χ1v) is 8.06. The third-order valence-electron chi connectivity index (χ3n) is 4.08. The number of nitrogens with zero attached hydrogens (tertiary/aromatic N) is 1. The zero-order chi connectivity index (χ0) is 17.8. The molecule has 0 saturated carbocycles. The molecule has 1 saturated heterocycles. The van der Waals surface area contributed by atoms with Crippen LogP contribution in [0.5, 0.6) is 5.75 Å². The zero-order valence-corrected chi connectivity index (χ0v) is 13.9. The maximum atomic E-state index is 13.0. The Balaban J connectivity index is 1.53. The molecule has 1 N–H and O–H groups in total. The summed E-state index contributed by atoms with van der Waals surface area (Å²) in [5.41, 5.74) is 1.58. The average Bonchev–Trinajstić information content (AvgIpc) is 2.95. The molecule has 0 spiro atoms. The van der Waals surface area contributed by atoms with Crippen LogP contribution < -0.4 is 15.0 Å². The summed E-state index contributed by atoms with van der Waals surface area (Å²) in [7, 11) is 0. The van der Waals surface area contributed by atoms with Gasteiger partial charge in [-0.25, -0.2) is 4.39 Å². The highest BCUT2D eigenvalue weighted by atomic mass is 19.1. The molecule has 5 nitrogen and oxygen atoms in total. The van der Waals surface area contributed by atoms with Crippen molar-refractivity contribution in [1.82, 2.24) is 5.32 Å². The summed E-state index contributed by atoms with van der Waals surface area (Å²) in [4.78, 5) is 25.7. The number of halogens is 1. The van der Waals surface area contributed by atoms with E-state index in [1.54, 1.807) is 23.1 Å². The van der Waals surface area contributed by atoms with Crippen LogP contribution in [-0.4, -0.2) is 31.0 Å². The number of carbonyl (C=O) groups excluding carboxylic acids is 2. The molecule has 3 rings (SSSR count). The molecular weight excluding hydrogens is 323 g/mol. The number of amides is 2. The lowest BCUT2D eigenvalue weighted by molar-refractivity contribution is -0.123. The lowest BCUT2D eigenvalue weighted by Gasteiger charge is -2.17. The highest BCUT2D eigenvalue weighted by Gasteiger charge is 2.31. The molecule has 2 aromatic carbocycles. The van der Waals surface area contributed by atoms with Gasteiger partial charge in [-0.2, -0.15) is 0 Å². The fourth-order valence-corrected chi connectivity index (χ4v) is 2.81. The number of benzene rings is 2. The minimum absolute atomic E-state index is 0.100. The van der Waals surface area contributed by atoms with Gasteiger partial charge in [0.15, 0.2) is 6.61 Å². The van der Waals surface area contributed by atoms with Crippen LogP contribution in [0.2, 0.25) is 0 Å². The Labute approximate surface area is 145 Å². The second kappa shape index (κ2) is 7.34. The largest absolute Gasteiger partial charge is 0.484 e. The molecule has 0 aliphatic carbocycles. The monoisotopic (exact) mass is 342 g/mol. The predicted molar refractivity (Wildman–Crippen MR) is 92.0 cm³/mol. The topological polar surface area (TPSA) is 58.6 Å². The van der Waals surface area contributed by atoms with Crippen LogP contribution in [0.25, 0.3) is 0 Å². The molecule has 1 atom stereocenters. The molecule has 2 aromatic rings. The summed E-state index contributed by atoms with van der Waals surface area (Å²) in [6.45, 7) is 2.16. The number of rotatable bonds is 5. The van der Waals surface area contributed by atoms with Gasteiger partial charge < -0.3 is 15.0 Å². The Bertz CT molecular complexity index is 776. The van der Waals surface area contributed by atoms with Crippen molar-refractivity contribution in [3.05, 3.63) is 59.9 Å². The van der Waals surface area contributed by atoms with Crippen molar-refractivity contribution in [2.75, 3.05) is 18.1 Å². The second-order valence-corrected chi connectivity index (χ2v) is 6.00. The quantitative estimate of drug-likeness (QED) is 0.908. The maximum Gasteiger partial charge on any atom is 0.258 e. The van der Waals surface area contributed by atoms with Crippen LogP contribution in [0.15, 0.2) is 48.5 Å². The van der Waals surface area contributed by atoms with Crippen molar-refractivity contribution in [3.8, 4) is 5.75 Å². The smallest absolute Gasteiger partial charge is 0.258 e. The van der Waals surface area contributed by atoms with Crippen LogP contribution in [0.1, 0.15) is 12.0 Å². The Morgan fingerprint density at radius 2 is 1.96 bits per heavy atom. The first-order valence-electron chi connectivity index (χ1n) is 8.06. The third kappa shape index (κ3) is 4.15. The Hall–Kier alpha value is -2.89. The molecule has 1 aliphatic rings. The molecule has 130 valence electrons. The molecule has 1 fully saturated rings. The van der Waals surface area contributed by atoms with E-state index in [0.29, 0.717) is 18.0 Å². The van der Waals surface area contributed by atoms with E-state index in [2.05, 4.69) is 5.32 Å².